The molecule has 0 unspecified atom stereocenters. The quantitative estimate of drug-likeness (QED) is 0.601. The fourth-order valence-corrected chi connectivity index (χ4v) is 3.18. The van der Waals surface area contributed by atoms with Crippen molar-refractivity contribution in [3.63, 3.8) is 0 Å². The predicted octanol–water partition coefficient (Wildman–Crippen LogP) is 4.25. The Morgan fingerprint density at radius 2 is 1.84 bits per heavy atom. The summed E-state index contributed by atoms with van der Waals surface area (Å²) in [7, 11) is 0. The molecule has 25 heavy (non-hydrogen) atoms. The minimum absolute atomic E-state index is 0.258. The van der Waals surface area contributed by atoms with Gasteiger partial charge in [-0.15, -0.1) is 11.3 Å². The summed E-state index contributed by atoms with van der Waals surface area (Å²) in [5, 5.41) is 9.58. The molecule has 0 saturated heterocycles. The molecule has 3 heterocycles. The maximum atomic E-state index is 12.5. The van der Waals surface area contributed by atoms with E-state index in [0.717, 1.165) is 16.3 Å². The Kier molecular flexibility index (Phi) is 4.10. The highest BCUT2D eigenvalue weighted by molar-refractivity contribution is 7.13. The van der Waals surface area contributed by atoms with Gasteiger partial charge in [0.25, 0.3) is 5.91 Å². The third-order valence-electron chi connectivity index (χ3n) is 3.64. The van der Waals surface area contributed by atoms with Crippen LogP contribution in [0, 0.1) is 0 Å². The van der Waals surface area contributed by atoms with Gasteiger partial charge >= 0.3 is 0 Å². The number of hydrogen-bond acceptors (Lipinski definition) is 4. The summed E-state index contributed by atoms with van der Waals surface area (Å²) in [6, 6.07) is 19.0. The average molecular weight is 346 g/mol. The highest BCUT2D eigenvalue weighted by Crippen LogP contribution is 2.31. The number of benzene rings is 1. The Morgan fingerprint density at radius 1 is 1.00 bits per heavy atom. The van der Waals surface area contributed by atoms with Crippen molar-refractivity contribution >= 4 is 22.9 Å². The first-order valence-electron chi connectivity index (χ1n) is 7.72. The number of carbonyl (C=O) groups excluding carboxylic acids is 1. The molecule has 0 radical (unpaired) electrons. The normalized spacial score (nSPS) is 10.6. The lowest BCUT2D eigenvalue weighted by atomic mass is 10.3. The molecule has 5 nitrogen and oxygen atoms in total. The minimum atomic E-state index is -0.258. The molecular formula is C19H14N4OS. The van der Waals surface area contributed by atoms with Gasteiger partial charge in [0.15, 0.2) is 0 Å². The second-order valence-corrected chi connectivity index (χ2v) is 6.27. The lowest BCUT2D eigenvalue weighted by Gasteiger charge is -2.03. The summed E-state index contributed by atoms with van der Waals surface area (Å²) in [5.74, 6) is -0.258. The SMILES string of the molecule is O=C(Nc1cn(-c2ccccc2)nc1-c1cccs1)c1ccccn1. The molecule has 122 valence electrons. The van der Waals surface area contributed by atoms with E-state index in [1.165, 1.54) is 0 Å². The van der Waals surface area contributed by atoms with Crippen LogP contribution in [-0.4, -0.2) is 20.7 Å². The molecule has 1 aromatic carbocycles. The molecule has 3 aromatic heterocycles. The van der Waals surface area contributed by atoms with Crippen LogP contribution in [0.2, 0.25) is 0 Å². The highest BCUT2D eigenvalue weighted by atomic mass is 32.1. The van der Waals surface area contributed by atoms with Gasteiger partial charge < -0.3 is 5.32 Å². The van der Waals surface area contributed by atoms with E-state index in [-0.39, 0.29) is 5.91 Å². The van der Waals surface area contributed by atoms with Gasteiger partial charge in [-0.05, 0) is 35.7 Å². The van der Waals surface area contributed by atoms with Crippen molar-refractivity contribution in [1.82, 2.24) is 14.8 Å². The summed E-state index contributed by atoms with van der Waals surface area (Å²) in [6.45, 7) is 0. The summed E-state index contributed by atoms with van der Waals surface area (Å²) in [4.78, 5) is 17.6. The molecule has 4 aromatic rings. The first kappa shape index (κ1) is 15.3. The third-order valence-corrected chi connectivity index (χ3v) is 4.51. The van der Waals surface area contributed by atoms with E-state index in [2.05, 4.69) is 15.4 Å². The summed E-state index contributed by atoms with van der Waals surface area (Å²) in [6.07, 6.45) is 3.42. The van der Waals surface area contributed by atoms with Gasteiger partial charge in [-0.25, -0.2) is 4.68 Å². The van der Waals surface area contributed by atoms with Crippen molar-refractivity contribution in [1.29, 1.82) is 0 Å². The minimum Gasteiger partial charge on any atom is -0.317 e. The fourth-order valence-electron chi connectivity index (χ4n) is 2.46. The number of anilines is 1. The first-order chi connectivity index (χ1) is 12.3. The zero-order chi connectivity index (χ0) is 17.1. The van der Waals surface area contributed by atoms with Crippen LogP contribution < -0.4 is 5.32 Å². The molecule has 1 N–H and O–H groups in total. The molecule has 6 heteroatoms. The average Bonchev–Trinajstić information content (AvgIpc) is 3.33. The van der Waals surface area contributed by atoms with Crippen LogP contribution in [0.1, 0.15) is 10.5 Å². The monoisotopic (exact) mass is 346 g/mol. The van der Waals surface area contributed by atoms with Gasteiger partial charge in [-0.1, -0.05) is 30.3 Å². The molecule has 0 aliphatic rings. The Hall–Kier alpha value is -3.25. The lowest BCUT2D eigenvalue weighted by Crippen LogP contribution is -2.13. The van der Waals surface area contributed by atoms with E-state index in [4.69, 9.17) is 0 Å². The second kappa shape index (κ2) is 6.70. The summed E-state index contributed by atoms with van der Waals surface area (Å²) >= 11 is 1.58. The van der Waals surface area contributed by atoms with Crippen molar-refractivity contribution in [3.05, 3.63) is 84.1 Å². The fraction of sp³-hybridized carbons (Fsp3) is 0. The molecule has 0 fully saturated rings. The smallest absolute Gasteiger partial charge is 0.274 e. The van der Waals surface area contributed by atoms with Gasteiger partial charge in [0.2, 0.25) is 0 Å². The number of thiophene rings is 1. The van der Waals surface area contributed by atoms with Gasteiger partial charge in [0.05, 0.1) is 22.4 Å². The van der Waals surface area contributed by atoms with E-state index in [1.807, 2.05) is 54.0 Å². The number of nitrogens with zero attached hydrogens (tertiary/aromatic N) is 3. The Bertz CT molecular complexity index is 979. The predicted molar refractivity (Wildman–Crippen MR) is 99.1 cm³/mol. The lowest BCUT2D eigenvalue weighted by molar-refractivity contribution is 0.102. The summed E-state index contributed by atoms with van der Waals surface area (Å²) < 4.78 is 1.77. The maximum absolute atomic E-state index is 12.5. The van der Waals surface area contributed by atoms with Crippen LogP contribution in [0.25, 0.3) is 16.3 Å². The van der Waals surface area contributed by atoms with Gasteiger partial charge in [0.1, 0.15) is 11.4 Å². The number of hydrogen-bond donors (Lipinski definition) is 1. The van der Waals surface area contributed by atoms with Crippen molar-refractivity contribution in [2.45, 2.75) is 0 Å². The van der Waals surface area contributed by atoms with Crippen LogP contribution >= 0.6 is 11.3 Å². The van der Waals surface area contributed by atoms with E-state index in [9.17, 15) is 4.79 Å². The number of nitrogens with one attached hydrogen (secondary N) is 1. The van der Waals surface area contributed by atoms with Crippen molar-refractivity contribution < 1.29 is 4.79 Å². The molecule has 0 bridgehead atoms. The number of para-hydroxylation sites is 1. The number of rotatable bonds is 4. The number of amides is 1. The van der Waals surface area contributed by atoms with E-state index >= 15 is 0 Å². The van der Waals surface area contributed by atoms with Crippen LogP contribution in [-0.2, 0) is 0 Å². The standard InChI is InChI=1S/C19H14N4OS/c24-19(15-9-4-5-11-20-15)21-16-13-23(14-7-2-1-3-8-14)22-18(16)17-10-6-12-25-17/h1-13H,(H,21,24). The Morgan fingerprint density at radius 3 is 2.56 bits per heavy atom. The molecule has 0 atom stereocenters. The van der Waals surface area contributed by atoms with E-state index in [1.54, 1.807) is 40.4 Å². The molecule has 4 rings (SSSR count). The van der Waals surface area contributed by atoms with Crippen LogP contribution in [0.5, 0.6) is 0 Å². The molecule has 1 amide bonds. The largest absolute Gasteiger partial charge is 0.317 e. The number of pyridine rings is 1. The van der Waals surface area contributed by atoms with Crippen molar-refractivity contribution in [2.75, 3.05) is 5.32 Å². The number of carbonyl (C=O) groups is 1. The molecule has 0 saturated carbocycles. The zero-order valence-electron chi connectivity index (χ0n) is 13.2. The van der Waals surface area contributed by atoms with Gasteiger partial charge in [-0.3, -0.25) is 9.78 Å². The van der Waals surface area contributed by atoms with E-state index < -0.39 is 0 Å². The molecule has 0 spiro atoms. The Labute approximate surface area is 148 Å². The summed E-state index contributed by atoms with van der Waals surface area (Å²) in [5.41, 5.74) is 2.69. The number of aromatic nitrogens is 3. The molecular weight excluding hydrogens is 332 g/mol. The highest BCUT2D eigenvalue weighted by Gasteiger charge is 2.16. The maximum Gasteiger partial charge on any atom is 0.274 e. The second-order valence-electron chi connectivity index (χ2n) is 5.32. The van der Waals surface area contributed by atoms with Crippen LogP contribution in [0.4, 0.5) is 5.69 Å². The first-order valence-corrected chi connectivity index (χ1v) is 8.60. The van der Waals surface area contributed by atoms with Crippen molar-refractivity contribution in [3.8, 4) is 16.3 Å². The topological polar surface area (TPSA) is 59.8 Å². The molecule has 0 aliphatic heterocycles. The zero-order valence-corrected chi connectivity index (χ0v) is 14.0. The van der Waals surface area contributed by atoms with Gasteiger partial charge in [-0.2, -0.15) is 5.10 Å². The van der Waals surface area contributed by atoms with Crippen LogP contribution in [0.15, 0.2) is 78.4 Å². The Balaban J connectivity index is 1.73. The van der Waals surface area contributed by atoms with Crippen molar-refractivity contribution in [2.24, 2.45) is 0 Å². The van der Waals surface area contributed by atoms with Gasteiger partial charge in [0, 0.05) is 6.20 Å². The van der Waals surface area contributed by atoms with E-state index in [0.29, 0.717) is 11.4 Å². The molecule has 0 aliphatic carbocycles. The van der Waals surface area contributed by atoms with Crippen LogP contribution in [0.3, 0.4) is 0 Å². The third kappa shape index (κ3) is 3.20.